The van der Waals surface area contributed by atoms with Gasteiger partial charge in [-0.2, -0.15) is 0 Å². The maximum atomic E-state index is 11.5. The van der Waals surface area contributed by atoms with Crippen molar-refractivity contribution >= 4 is 34.0 Å². The Morgan fingerprint density at radius 2 is 2.12 bits per heavy atom. The van der Waals surface area contributed by atoms with Crippen molar-refractivity contribution in [3.05, 3.63) is 5.01 Å². The van der Waals surface area contributed by atoms with Crippen molar-refractivity contribution < 1.29 is 4.79 Å². The summed E-state index contributed by atoms with van der Waals surface area (Å²) in [6, 6.07) is 0. The van der Waals surface area contributed by atoms with Crippen LogP contribution in [0.4, 0.5) is 5.13 Å². The number of alkyl halides is 1. The van der Waals surface area contributed by atoms with E-state index in [0.717, 1.165) is 17.8 Å². The fraction of sp³-hybridized carbons (Fsp3) is 0.727. The van der Waals surface area contributed by atoms with E-state index in [4.69, 9.17) is 11.6 Å². The van der Waals surface area contributed by atoms with Crippen molar-refractivity contribution in [3.8, 4) is 0 Å². The molecule has 96 valence electrons. The molecule has 0 aliphatic rings. The van der Waals surface area contributed by atoms with Crippen molar-refractivity contribution in [2.45, 2.75) is 45.4 Å². The lowest BCUT2D eigenvalue weighted by Gasteiger charge is -2.05. The molecule has 0 aromatic carbocycles. The van der Waals surface area contributed by atoms with Crippen molar-refractivity contribution in [1.29, 1.82) is 0 Å². The first-order chi connectivity index (χ1) is 8.21. The zero-order valence-corrected chi connectivity index (χ0v) is 11.8. The van der Waals surface area contributed by atoms with E-state index in [2.05, 4.69) is 29.4 Å². The molecule has 0 saturated heterocycles. The fourth-order valence-electron chi connectivity index (χ4n) is 1.50. The predicted octanol–water partition coefficient (Wildman–Crippen LogP) is 3.40. The van der Waals surface area contributed by atoms with E-state index in [1.807, 2.05) is 0 Å². The Morgan fingerprint density at radius 3 is 2.71 bits per heavy atom. The molecule has 0 bridgehead atoms. The van der Waals surface area contributed by atoms with Crippen molar-refractivity contribution in [2.75, 3.05) is 11.2 Å². The summed E-state index contributed by atoms with van der Waals surface area (Å²) < 4.78 is 0. The lowest BCUT2D eigenvalue weighted by molar-refractivity contribution is -0.116. The number of amides is 1. The number of nitrogens with one attached hydrogen (secondary N) is 1. The molecule has 0 fully saturated rings. The van der Waals surface area contributed by atoms with Crippen LogP contribution in [-0.4, -0.2) is 22.0 Å². The quantitative estimate of drug-likeness (QED) is 0.776. The molecule has 0 unspecified atom stereocenters. The van der Waals surface area contributed by atoms with Gasteiger partial charge in [0.05, 0.1) is 0 Å². The largest absolute Gasteiger partial charge is 0.301 e. The number of carbonyl (C=O) groups excluding carboxylic acids is 1. The van der Waals surface area contributed by atoms with Gasteiger partial charge in [-0.05, 0) is 19.3 Å². The topological polar surface area (TPSA) is 54.9 Å². The van der Waals surface area contributed by atoms with Crippen molar-refractivity contribution in [2.24, 2.45) is 0 Å². The third-order valence-electron chi connectivity index (χ3n) is 2.56. The number of rotatable bonds is 7. The van der Waals surface area contributed by atoms with Crippen LogP contribution >= 0.6 is 22.9 Å². The van der Waals surface area contributed by atoms with Gasteiger partial charge in [-0.15, -0.1) is 21.8 Å². The van der Waals surface area contributed by atoms with E-state index in [0.29, 0.717) is 29.8 Å². The Labute approximate surface area is 111 Å². The van der Waals surface area contributed by atoms with Gasteiger partial charge >= 0.3 is 0 Å². The first-order valence-electron chi connectivity index (χ1n) is 5.90. The van der Waals surface area contributed by atoms with E-state index in [-0.39, 0.29) is 5.91 Å². The second-order valence-electron chi connectivity index (χ2n) is 3.80. The van der Waals surface area contributed by atoms with E-state index < -0.39 is 0 Å². The second-order valence-corrected chi connectivity index (χ2v) is 5.19. The van der Waals surface area contributed by atoms with Crippen LogP contribution in [0.5, 0.6) is 0 Å². The number of hydrogen-bond acceptors (Lipinski definition) is 4. The minimum absolute atomic E-state index is 0.0436. The van der Waals surface area contributed by atoms with Crippen LogP contribution in [0.3, 0.4) is 0 Å². The Morgan fingerprint density at radius 1 is 1.41 bits per heavy atom. The Kier molecular flexibility index (Phi) is 6.44. The highest BCUT2D eigenvalue weighted by Crippen LogP contribution is 2.27. The summed E-state index contributed by atoms with van der Waals surface area (Å²) in [7, 11) is 0. The number of anilines is 1. The van der Waals surface area contributed by atoms with Gasteiger partial charge in [0.15, 0.2) is 0 Å². The lowest BCUT2D eigenvalue weighted by atomic mass is 10.1. The molecule has 1 N–H and O–H groups in total. The zero-order valence-electron chi connectivity index (χ0n) is 10.2. The van der Waals surface area contributed by atoms with Crippen LogP contribution in [-0.2, 0) is 4.79 Å². The highest BCUT2D eigenvalue weighted by atomic mass is 35.5. The van der Waals surface area contributed by atoms with E-state index >= 15 is 0 Å². The molecule has 1 aromatic rings. The van der Waals surface area contributed by atoms with Crippen LogP contribution < -0.4 is 5.32 Å². The Hall–Kier alpha value is -0.680. The van der Waals surface area contributed by atoms with E-state index in [9.17, 15) is 4.79 Å². The van der Waals surface area contributed by atoms with Gasteiger partial charge in [0.25, 0.3) is 0 Å². The van der Waals surface area contributed by atoms with Crippen molar-refractivity contribution in [3.63, 3.8) is 0 Å². The zero-order chi connectivity index (χ0) is 12.7. The van der Waals surface area contributed by atoms with Crippen LogP contribution in [0.1, 0.15) is 50.5 Å². The highest BCUT2D eigenvalue weighted by molar-refractivity contribution is 7.15. The predicted molar refractivity (Wildman–Crippen MR) is 71.8 cm³/mol. The SMILES string of the molecule is CCC(CC)c1nnc(NC(=O)CCCCl)s1. The van der Waals surface area contributed by atoms with E-state index in [1.54, 1.807) is 0 Å². The summed E-state index contributed by atoms with van der Waals surface area (Å²) in [6.45, 7) is 4.27. The summed E-state index contributed by atoms with van der Waals surface area (Å²) in [6.07, 6.45) is 3.21. The van der Waals surface area contributed by atoms with Gasteiger partial charge in [-0.3, -0.25) is 4.79 Å². The maximum Gasteiger partial charge on any atom is 0.226 e. The van der Waals surface area contributed by atoms with Gasteiger partial charge in [-0.1, -0.05) is 25.2 Å². The number of halogens is 1. The monoisotopic (exact) mass is 275 g/mol. The normalized spacial score (nSPS) is 10.8. The number of nitrogens with zero attached hydrogens (tertiary/aromatic N) is 2. The van der Waals surface area contributed by atoms with Crippen LogP contribution in [0.25, 0.3) is 0 Å². The van der Waals surface area contributed by atoms with Gasteiger partial charge in [-0.25, -0.2) is 0 Å². The first-order valence-corrected chi connectivity index (χ1v) is 7.25. The maximum absolute atomic E-state index is 11.5. The summed E-state index contributed by atoms with van der Waals surface area (Å²) in [5, 5.41) is 12.4. The molecular weight excluding hydrogens is 258 g/mol. The summed E-state index contributed by atoms with van der Waals surface area (Å²) >= 11 is 6.99. The van der Waals surface area contributed by atoms with Gasteiger partial charge < -0.3 is 5.32 Å². The highest BCUT2D eigenvalue weighted by Gasteiger charge is 2.14. The number of aromatic nitrogens is 2. The summed E-state index contributed by atoms with van der Waals surface area (Å²) in [5.41, 5.74) is 0. The molecule has 4 nitrogen and oxygen atoms in total. The first kappa shape index (κ1) is 14.4. The smallest absolute Gasteiger partial charge is 0.226 e. The van der Waals surface area contributed by atoms with E-state index in [1.165, 1.54) is 11.3 Å². The molecule has 17 heavy (non-hydrogen) atoms. The van der Waals surface area contributed by atoms with Gasteiger partial charge in [0, 0.05) is 18.2 Å². The van der Waals surface area contributed by atoms with Crippen LogP contribution in [0.2, 0.25) is 0 Å². The van der Waals surface area contributed by atoms with Crippen LogP contribution in [0.15, 0.2) is 0 Å². The molecule has 0 aliphatic carbocycles. The summed E-state index contributed by atoms with van der Waals surface area (Å²) in [5.74, 6) is 0.904. The average molecular weight is 276 g/mol. The Bertz CT molecular complexity index is 352. The van der Waals surface area contributed by atoms with Gasteiger partial charge in [0.2, 0.25) is 11.0 Å². The third-order valence-corrected chi connectivity index (χ3v) is 3.83. The Balaban J connectivity index is 2.53. The minimum atomic E-state index is -0.0436. The molecule has 1 heterocycles. The standard InChI is InChI=1S/C11H18ClN3OS/c1-3-8(4-2)10-14-15-11(17-10)13-9(16)6-5-7-12/h8H,3-7H2,1-2H3,(H,13,15,16). The van der Waals surface area contributed by atoms with Crippen molar-refractivity contribution in [1.82, 2.24) is 10.2 Å². The molecule has 0 atom stereocenters. The second kappa shape index (κ2) is 7.61. The molecule has 0 aliphatic heterocycles. The lowest BCUT2D eigenvalue weighted by Crippen LogP contribution is -2.10. The minimum Gasteiger partial charge on any atom is -0.301 e. The number of hydrogen-bond donors (Lipinski definition) is 1. The molecule has 1 amide bonds. The fourth-order valence-corrected chi connectivity index (χ4v) is 2.66. The molecule has 6 heteroatoms. The molecular formula is C11H18ClN3OS. The average Bonchev–Trinajstić information content (AvgIpc) is 2.76. The molecule has 0 spiro atoms. The van der Waals surface area contributed by atoms with Crippen LogP contribution in [0, 0.1) is 0 Å². The molecule has 1 rings (SSSR count). The summed E-state index contributed by atoms with van der Waals surface area (Å²) in [4.78, 5) is 11.5. The number of carbonyl (C=O) groups is 1. The third kappa shape index (κ3) is 4.60. The molecule has 0 saturated carbocycles. The molecule has 1 aromatic heterocycles. The van der Waals surface area contributed by atoms with Gasteiger partial charge in [0.1, 0.15) is 5.01 Å². The molecule has 0 radical (unpaired) electrons.